The molecule has 7 heteroatoms. The van der Waals surface area contributed by atoms with Gasteiger partial charge in [-0.25, -0.2) is 4.99 Å². The summed E-state index contributed by atoms with van der Waals surface area (Å²) in [5.41, 5.74) is 2.34. The topological polar surface area (TPSA) is 59.9 Å². The molecule has 5 nitrogen and oxygen atoms in total. The van der Waals surface area contributed by atoms with Crippen molar-refractivity contribution in [3.05, 3.63) is 57.5 Å². The maximum Gasteiger partial charge on any atom is 0.264 e. The van der Waals surface area contributed by atoms with Gasteiger partial charge in [0.2, 0.25) is 0 Å². The lowest BCUT2D eigenvalue weighted by Gasteiger charge is -2.07. The second-order valence-electron chi connectivity index (χ2n) is 5.47. The number of amidine groups is 1. The summed E-state index contributed by atoms with van der Waals surface area (Å²) in [6.07, 6.45) is 1.76. The molecule has 0 radical (unpaired) electrons. The highest BCUT2D eigenvalue weighted by molar-refractivity contribution is 8.18. The molecule has 1 fully saturated rings. The number of carbonyl (C=O) groups excluding carboxylic acids is 1. The van der Waals surface area contributed by atoms with E-state index in [0.29, 0.717) is 26.6 Å². The SMILES string of the molecule is COc1ccc(OC)c(/C=C2/SC(=Nc3cccc(Cl)c3C)NC2=O)c1. The van der Waals surface area contributed by atoms with Gasteiger partial charge in [-0.1, -0.05) is 17.7 Å². The zero-order valence-corrected chi connectivity index (χ0v) is 16.1. The van der Waals surface area contributed by atoms with E-state index in [9.17, 15) is 4.79 Å². The molecule has 26 heavy (non-hydrogen) atoms. The van der Waals surface area contributed by atoms with Crippen molar-refractivity contribution >= 4 is 46.2 Å². The number of benzene rings is 2. The molecular weight excluding hydrogens is 372 g/mol. The number of hydrogen-bond acceptors (Lipinski definition) is 5. The maximum atomic E-state index is 12.3. The van der Waals surface area contributed by atoms with Crippen LogP contribution in [0, 0.1) is 6.92 Å². The molecule has 0 aromatic heterocycles. The van der Waals surface area contributed by atoms with Crippen molar-refractivity contribution in [2.24, 2.45) is 4.99 Å². The fourth-order valence-electron chi connectivity index (χ4n) is 2.40. The second kappa shape index (κ2) is 7.85. The number of halogens is 1. The van der Waals surface area contributed by atoms with E-state index in [1.165, 1.54) is 11.8 Å². The highest BCUT2D eigenvalue weighted by atomic mass is 35.5. The number of ether oxygens (including phenoxy) is 2. The Morgan fingerprint density at radius 3 is 2.73 bits per heavy atom. The van der Waals surface area contributed by atoms with Crippen molar-refractivity contribution in [3.63, 3.8) is 0 Å². The summed E-state index contributed by atoms with van der Waals surface area (Å²) in [4.78, 5) is 17.3. The third kappa shape index (κ3) is 3.86. The van der Waals surface area contributed by atoms with Crippen molar-refractivity contribution in [3.8, 4) is 11.5 Å². The number of thioether (sulfide) groups is 1. The summed E-state index contributed by atoms with van der Waals surface area (Å²) in [5.74, 6) is 1.13. The van der Waals surface area contributed by atoms with Crippen LogP contribution in [0.25, 0.3) is 6.08 Å². The molecule has 1 heterocycles. The molecule has 0 unspecified atom stereocenters. The van der Waals surface area contributed by atoms with Gasteiger partial charge in [-0.15, -0.1) is 0 Å². The predicted octanol–water partition coefficient (Wildman–Crippen LogP) is 4.56. The Morgan fingerprint density at radius 1 is 1.19 bits per heavy atom. The Labute approximate surface area is 161 Å². The van der Waals surface area contributed by atoms with E-state index in [-0.39, 0.29) is 5.91 Å². The number of nitrogens with zero attached hydrogens (tertiary/aromatic N) is 1. The summed E-state index contributed by atoms with van der Waals surface area (Å²) < 4.78 is 10.6. The standard InChI is InChI=1S/C19H17ClN2O3S/c1-11-14(20)5-4-6-15(11)21-19-22-18(23)17(26-19)10-12-9-13(24-2)7-8-16(12)25-3/h4-10H,1-3H3,(H,21,22,23)/b17-10+. The molecule has 1 saturated heterocycles. The summed E-state index contributed by atoms with van der Waals surface area (Å²) >= 11 is 7.39. The maximum absolute atomic E-state index is 12.3. The quantitative estimate of drug-likeness (QED) is 0.780. The van der Waals surface area contributed by atoms with Gasteiger partial charge in [0.25, 0.3) is 5.91 Å². The van der Waals surface area contributed by atoms with Gasteiger partial charge in [-0.3, -0.25) is 4.79 Å². The average molecular weight is 389 g/mol. The van der Waals surface area contributed by atoms with Crippen LogP contribution in [-0.2, 0) is 4.79 Å². The van der Waals surface area contributed by atoms with Crippen LogP contribution in [0.5, 0.6) is 11.5 Å². The van der Waals surface area contributed by atoms with Gasteiger partial charge in [0, 0.05) is 10.6 Å². The molecule has 134 valence electrons. The molecule has 1 aliphatic rings. The van der Waals surface area contributed by atoms with E-state index in [0.717, 1.165) is 16.8 Å². The van der Waals surface area contributed by atoms with Crippen LogP contribution < -0.4 is 14.8 Å². The molecule has 2 aromatic carbocycles. The molecule has 1 amide bonds. The summed E-state index contributed by atoms with van der Waals surface area (Å²) in [6.45, 7) is 1.89. The lowest BCUT2D eigenvalue weighted by Crippen LogP contribution is -2.19. The minimum Gasteiger partial charge on any atom is -0.497 e. The molecule has 0 bridgehead atoms. The van der Waals surface area contributed by atoms with Gasteiger partial charge in [0.15, 0.2) is 5.17 Å². The van der Waals surface area contributed by atoms with Crippen LogP contribution in [0.4, 0.5) is 5.69 Å². The van der Waals surface area contributed by atoms with Crippen molar-refractivity contribution in [1.82, 2.24) is 5.32 Å². The smallest absolute Gasteiger partial charge is 0.264 e. The number of methoxy groups -OCH3 is 2. The third-order valence-corrected chi connectivity index (χ3v) is 5.15. The summed E-state index contributed by atoms with van der Waals surface area (Å²) in [6, 6.07) is 10.9. The van der Waals surface area contributed by atoms with Gasteiger partial charge in [0.1, 0.15) is 11.5 Å². The second-order valence-corrected chi connectivity index (χ2v) is 6.91. The molecule has 0 atom stereocenters. The molecule has 0 aliphatic carbocycles. The zero-order chi connectivity index (χ0) is 18.7. The van der Waals surface area contributed by atoms with Crippen molar-refractivity contribution in [2.75, 3.05) is 14.2 Å². The minimum atomic E-state index is -0.210. The first kappa shape index (κ1) is 18.4. The first-order chi connectivity index (χ1) is 12.5. The van der Waals surface area contributed by atoms with Crippen LogP contribution in [0.2, 0.25) is 5.02 Å². The van der Waals surface area contributed by atoms with Crippen LogP contribution in [0.3, 0.4) is 0 Å². The Balaban J connectivity index is 1.92. The molecule has 0 spiro atoms. The number of hydrogen-bond donors (Lipinski definition) is 1. The number of rotatable bonds is 4. The Kier molecular flexibility index (Phi) is 5.54. The molecule has 2 aromatic rings. The highest BCUT2D eigenvalue weighted by Gasteiger charge is 2.24. The van der Waals surface area contributed by atoms with E-state index in [1.807, 2.05) is 25.1 Å². The third-order valence-electron chi connectivity index (χ3n) is 3.84. The van der Waals surface area contributed by atoms with Crippen LogP contribution >= 0.6 is 23.4 Å². The predicted molar refractivity (Wildman–Crippen MR) is 107 cm³/mol. The average Bonchev–Trinajstić information content (AvgIpc) is 2.98. The van der Waals surface area contributed by atoms with Gasteiger partial charge < -0.3 is 14.8 Å². The lowest BCUT2D eigenvalue weighted by atomic mass is 10.1. The number of amides is 1. The lowest BCUT2D eigenvalue weighted by molar-refractivity contribution is -0.115. The molecular formula is C19H17ClN2O3S. The van der Waals surface area contributed by atoms with E-state index in [1.54, 1.807) is 38.5 Å². The molecule has 0 saturated carbocycles. The summed E-state index contributed by atoms with van der Waals surface area (Å²) in [5, 5.41) is 3.92. The number of carbonyl (C=O) groups is 1. The summed E-state index contributed by atoms with van der Waals surface area (Å²) in [7, 11) is 3.17. The van der Waals surface area contributed by atoms with E-state index < -0.39 is 0 Å². The zero-order valence-electron chi connectivity index (χ0n) is 14.5. The Bertz CT molecular complexity index is 925. The van der Waals surface area contributed by atoms with Gasteiger partial charge in [0.05, 0.1) is 24.8 Å². The minimum absolute atomic E-state index is 0.210. The normalized spacial score (nSPS) is 16.8. The largest absolute Gasteiger partial charge is 0.497 e. The first-order valence-corrected chi connectivity index (χ1v) is 8.98. The molecule has 1 aliphatic heterocycles. The Hall–Kier alpha value is -2.44. The number of nitrogens with one attached hydrogen (secondary N) is 1. The fraction of sp³-hybridized carbons (Fsp3) is 0.158. The van der Waals surface area contributed by atoms with Crippen LogP contribution in [-0.4, -0.2) is 25.3 Å². The van der Waals surface area contributed by atoms with Gasteiger partial charge in [-0.05, 0) is 60.7 Å². The monoisotopic (exact) mass is 388 g/mol. The van der Waals surface area contributed by atoms with Crippen LogP contribution in [0.15, 0.2) is 46.3 Å². The van der Waals surface area contributed by atoms with Gasteiger partial charge in [-0.2, -0.15) is 0 Å². The van der Waals surface area contributed by atoms with Gasteiger partial charge >= 0.3 is 0 Å². The van der Waals surface area contributed by atoms with Crippen molar-refractivity contribution in [2.45, 2.75) is 6.92 Å². The Morgan fingerprint density at radius 2 is 2.00 bits per heavy atom. The fourth-order valence-corrected chi connectivity index (χ4v) is 3.40. The molecule has 1 N–H and O–H groups in total. The number of aliphatic imine (C=N–C) groups is 1. The van der Waals surface area contributed by atoms with E-state index in [2.05, 4.69) is 10.3 Å². The first-order valence-electron chi connectivity index (χ1n) is 7.78. The van der Waals surface area contributed by atoms with E-state index >= 15 is 0 Å². The van der Waals surface area contributed by atoms with Crippen LogP contribution in [0.1, 0.15) is 11.1 Å². The molecule has 3 rings (SSSR count). The highest BCUT2D eigenvalue weighted by Crippen LogP contribution is 2.33. The van der Waals surface area contributed by atoms with E-state index in [4.69, 9.17) is 21.1 Å². The van der Waals surface area contributed by atoms with Crippen molar-refractivity contribution < 1.29 is 14.3 Å². The van der Waals surface area contributed by atoms with Crippen molar-refractivity contribution in [1.29, 1.82) is 0 Å².